The number of carbonyl (C=O) groups excluding carboxylic acids is 2. The number of hydrogen-bond acceptors (Lipinski definition) is 4. The highest BCUT2D eigenvalue weighted by Gasteiger charge is 2.54. The lowest BCUT2D eigenvalue weighted by atomic mass is 9.73. The Bertz CT molecular complexity index is 924. The summed E-state index contributed by atoms with van der Waals surface area (Å²) in [6.45, 7) is 0.648. The number of piperazine rings is 1. The summed E-state index contributed by atoms with van der Waals surface area (Å²) < 4.78 is 0. The second kappa shape index (κ2) is 7.84. The van der Waals surface area contributed by atoms with Crippen LogP contribution >= 0.6 is 0 Å². The maximum atomic E-state index is 12.9. The molecule has 2 aromatic rings. The SMILES string of the molecule is O=C(C1CCCC1)N1CC(=O)N2[C@H](CO)[C@@H](c3ccc(-c4cccnc4)cc3)[C@H]2C1. The van der Waals surface area contributed by atoms with Gasteiger partial charge >= 0.3 is 0 Å². The first-order valence-electron chi connectivity index (χ1n) is 10.9. The summed E-state index contributed by atoms with van der Waals surface area (Å²) in [5.74, 6) is 0.217. The largest absolute Gasteiger partial charge is 0.394 e. The number of amides is 2. The molecule has 2 saturated heterocycles. The number of hydrogen-bond donors (Lipinski definition) is 1. The first-order chi connectivity index (χ1) is 14.7. The minimum atomic E-state index is -0.213. The minimum absolute atomic E-state index is 0.0418. The number of pyridine rings is 1. The number of aliphatic hydroxyl groups excluding tert-OH is 1. The molecule has 3 heterocycles. The zero-order valence-corrected chi connectivity index (χ0v) is 17.0. The molecule has 0 unspecified atom stereocenters. The molecule has 1 aromatic heterocycles. The molecule has 1 saturated carbocycles. The number of benzene rings is 1. The lowest BCUT2D eigenvalue weighted by Gasteiger charge is -2.59. The van der Waals surface area contributed by atoms with Gasteiger partial charge in [0.05, 0.1) is 25.2 Å². The van der Waals surface area contributed by atoms with Gasteiger partial charge in [0.15, 0.2) is 0 Å². The van der Waals surface area contributed by atoms with E-state index in [0.29, 0.717) is 6.54 Å². The van der Waals surface area contributed by atoms with Crippen LogP contribution in [0.15, 0.2) is 48.8 Å². The quantitative estimate of drug-likeness (QED) is 0.848. The topological polar surface area (TPSA) is 73.7 Å². The highest BCUT2D eigenvalue weighted by molar-refractivity contribution is 5.88. The predicted octanol–water partition coefficient (Wildman–Crippen LogP) is 2.44. The van der Waals surface area contributed by atoms with Crippen molar-refractivity contribution in [2.75, 3.05) is 19.7 Å². The zero-order chi connectivity index (χ0) is 20.7. The van der Waals surface area contributed by atoms with E-state index < -0.39 is 0 Å². The van der Waals surface area contributed by atoms with Gasteiger partial charge in [-0.25, -0.2) is 0 Å². The molecule has 1 aliphatic carbocycles. The summed E-state index contributed by atoms with van der Waals surface area (Å²) in [5, 5.41) is 9.97. The van der Waals surface area contributed by atoms with Crippen molar-refractivity contribution < 1.29 is 14.7 Å². The van der Waals surface area contributed by atoms with Crippen LogP contribution in [0.3, 0.4) is 0 Å². The maximum Gasteiger partial charge on any atom is 0.242 e. The third-order valence-electron chi connectivity index (χ3n) is 7.06. The molecule has 6 heteroatoms. The van der Waals surface area contributed by atoms with Crippen LogP contribution in [0.5, 0.6) is 0 Å². The Balaban J connectivity index is 1.37. The Morgan fingerprint density at radius 2 is 1.87 bits per heavy atom. The molecule has 0 radical (unpaired) electrons. The molecule has 1 N–H and O–H groups in total. The number of aliphatic hydroxyl groups is 1. The van der Waals surface area contributed by atoms with Gasteiger partial charge < -0.3 is 14.9 Å². The number of aromatic nitrogens is 1. The summed E-state index contributed by atoms with van der Waals surface area (Å²) in [5.41, 5.74) is 3.24. The van der Waals surface area contributed by atoms with Crippen LogP contribution in [0.1, 0.15) is 37.2 Å². The number of carbonyl (C=O) groups is 2. The van der Waals surface area contributed by atoms with Crippen molar-refractivity contribution in [1.82, 2.24) is 14.8 Å². The second-order valence-electron chi connectivity index (χ2n) is 8.71. The van der Waals surface area contributed by atoms with Crippen LogP contribution in [-0.4, -0.2) is 63.5 Å². The van der Waals surface area contributed by atoms with Crippen LogP contribution in [-0.2, 0) is 9.59 Å². The van der Waals surface area contributed by atoms with Gasteiger partial charge in [-0.15, -0.1) is 0 Å². The van der Waals surface area contributed by atoms with E-state index in [1.54, 1.807) is 16.0 Å². The van der Waals surface area contributed by atoms with Crippen LogP contribution in [0.2, 0.25) is 0 Å². The molecule has 3 atom stereocenters. The molecule has 0 spiro atoms. The van der Waals surface area contributed by atoms with Gasteiger partial charge in [0.1, 0.15) is 0 Å². The van der Waals surface area contributed by atoms with Gasteiger partial charge in [-0.05, 0) is 35.6 Å². The van der Waals surface area contributed by atoms with E-state index in [2.05, 4.69) is 29.2 Å². The summed E-state index contributed by atoms with van der Waals surface area (Å²) in [7, 11) is 0. The Hall–Kier alpha value is -2.73. The normalized spacial score (nSPS) is 26.4. The summed E-state index contributed by atoms with van der Waals surface area (Å²) in [6, 6.07) is 12.0. The average Bonchev–Trinajstić information content (AvgIpc) is 3.30. The Labute approximate surface area is 176 Å². The van der Waals surface area contributed by atoms with Crippen molar-refractivity contribution in [1.29, 1.82) is 0 Å². The predicted molar refractivity (Wildman–Crippen MR) is 112 cm³/mol. The molecular formula is C24H27N3O3. The Morgan fingerprint density at radius 3 is 2.53 bits per heavy atom. The molecular weight excluding hydrogens is 378 g/mol. The van der Waals surface area contributed by atoms with E-state index in [9.17, 15) is 14.7 Å². The van der Waals surface area contributed by atoms with E-state index in [4.69, 9.17) is 0 Å². The van der Waals surface area contributed by atoms with E-state index >= 15 is 0 Å². The monoisotopic (exact) mass is 405 g/mol. The van der Waals surface area contributed by atoms with Crippen molar-refractivity contribution in [2.24, 2.45) is 5.92 Å². The minimum Gasteiger partial charge on any atom is -0.394 e. The van der Waals surface area contributed by atoms with Crippen LogP contribution in [0, 0.1) is 5.92 Å². The second-order valence-corrected chi connectivity index (χ2v) is 8.71. The summed E-state index contributed by atoms with van der Waals surface area (Å²) >= 11 is 0. The fourth-order valence-corrected chi connectivity index (χ4v) is 5.53. The van der Waals surface area contributed by atoms with Gasteiger partial charge in [-0.1, -0.05) is 43.2 Å². The van der Waals surface area contributed by atoms with Crippen LogP contribution in [0.25, 0.3) is 11.1 Å². The number of nitrogens with zero attached hydrogens (tertiary/aromatic N) is 3. The van der Waals surface area contributed by atoms with Crippen molar-refractivity contribution in [3.05, 3.63) is 54.4 Å². The summed E-state index contributed by atoms with van der Waals surface area (Å²) in [4.78, 5) is 33.5. The molecule has 3 aliphatic rings. The first-order valence-corrected chi connectivity index (χ1v) is 10.9. The van der Waals surface area contributed by atoms with Crippen molar-refractivity contribution in [3.8, 4) is 11.1 Å². The molecule has 1 aromatic carbocycles. The zero-order valence-electron chi connectivity index (χ0n) is 17.0. The third kappa shape index (κ3) is 3.19. The molecule has 6 nitrogen and oxygen atoms in total. The van der Waals surface area contributed by atoms with Crippen molar-refractivity contribution in [3.63, 3.8) is 0 Å². The molecule has 156 valence electrons. The fourth-order valence-electron chi connectivity index (χ4n) is 5.53. The van der Waals surface area contributed by atoms with E-state index in [-0.39, 0.29) is 48.9 Å². The standard InChI is InChI=1S/C24H27N3O3/c28-15-21-23(17-9-7-16(8-10-17)19-6-3-11-25-12-19)20-13-26(14-22(29)27(20)21)24(30)18-4-1-2-5-18/h3,6-12,18,20-21,23,28H,1-2,4-5,13-15H2/t20-,21-,23+/m1/s1. The Morgan fingerprint density at radius 1 is 1.10 bits per heavy atom. The van der Waals surface area contributed by atoms with Gasteiger partial charge in [-0.2, -0.15) is 0 Å². The highest BCUT2D eigenvalue weighted by Crippen LogP contribution is 2.43. The van der Waals surface area contributed by atoms with Crippen molar-refractivity contribution >= 4 is 11.8 Å². The van der Waals surface area contributed by atoms with Crippen LogP contribution in [0.4, 0.5) is 0 Å². The Kier molecular flexibility index (Phi) is 5.03. The van der Waals surface area contributed by atoms with E-state index in [1.165, 1.54) is 0 Å². The molecule has 0 bridgehead atoms. The smallest absolute Gasteiger partial charge is 0.242 e. The summed E-state index contributed by atoms with van der Waals surface area (Å²) in [6.07, 6.45) is 7.68. The lowest BCUT2D eigenvalue weighted by Crippen LogP contribution is -2.73. The van der Waals surface area contributed by atoms with E-state index in [1.807, 2.05) is 18.3 Å². The third-order valence-corrected chi connectivity index (χ3v) is 7.06. The van der Waals surface area contributed by atoms with Gasteiger partial charge in [0.2, 0.25) is 11.8 Å². The first kappa shape index (κ1) is 19.2. The van der Waals surface area contributed by atoms with Crippen molar-refractivity contribution in [2.45, 2.75) is 43.7 Å². The molecule has 2 aliphatic heterocycles. The maximum absolute atomic E-state index is 12.9. The number of fused-ring (bicyclic) bond motifs is 1. The molecule has 3 fully saturated rings. The molecule has 5 rings (SSSR count). The number of rotatable bonds is 4. The van der Waals surface area contributed by atoms with Gasteiger partial charge in [-0.3, -0.25) is 14.6 Å². The molecule has 2 amide bonds. The van der Waals surface area contributed by atoms with E-state index in [0.717, 1.165) is 42.4 Å². The fraction of sp³-hybridized carbons (Fsp3) is 0.458. The lowest BCUT2D eigenvalue weighted by molar-refractivity contribution is -0.168. The average molecular weight is 405 g/mol. The highest BCUT2D eigenvalue weighted by atomic mass is 16.3. The molecule has 30 heavy (non-hydrogen) atoms. The van der Waals surface area contributed by atoms with Crippen LogP contribution < -0.4 is 0 Å². The van der Waals surface area contributed by atoms with Gasteiger partial charge in [0, 0.05) is 30.8 Å². The van der Waals surface area contributed by atoms with Gasteiger partial charge in [0.25, 0.3) is 0 Å².